The van der Waals surface area contributed by atoms with Crippen LogP contribution in [0.15, 0.2) is 72.0 Å². The van der Waals surface area contributed by atoms with Gasteiger partial charge in [0.25, 0.3) is 5.91 Å². The van der Waals surface area contributed by atoms with E-state index in [4.69, 9.17) is 0 Å². The van der Waals surface area contributed by atoms with Crippen molar-refractivity contribution in [3.63, 3.8) is 0 Å². The number of ether oxygens (including phenoxy) is 2. The number of methoxy groups -OCH3 is 1. The largest absolute Gasteiger partial charge is 0.434 e. The summed E-state index contributed by atoms with van der Waals surface area (Å²) in [5, 5.41) is 19.5. The molecule has 0 saturated heterocycles. The van der Waals surface area contributed by atoms with Gasteiger partial charge in [0.1, 0.15) is 5.75 Å². The Morgan fingerprint density at radius 1 is 1.15 bits per heavy atom. The van der Waals surface area contributed by atoms with Crippen LogP contribution in [0.4, 0.5) is 28.9 Å². The number of hydrazone groups is 1. The Morgan fingerprint density at radius 3 is 2.61 bits per heavy atom. The van der Waals surface area contributed by atoms with Gasteiger partial charge in [-0.3, -0.25) is 19.9 Å². The molecule has 0 saturated carbocycles. The van der Waals surface area contributed by atoms with E-state index in [2.05, 4.69) is 30.2 Å². The van der Waals surface area contributed by atoms with Crippen molar-refractivity contribution in [1.29, 1.82) is 0 Å². The zero-order chi connectivity index (χ0) is 29.7. The number of aromatic nitrogens is 1. The first-order valence-electron chi connectivity index (χ1n) is 12.1. The number of carbonyl (C=O) groups is 2. The standard InChI is InChI=1S/C27H25F4N5O5/c1-15-22(23(37)34-17-7-5-6-16(12-17)27(30,31)25(39)33-14-40-2)24(38)36(35-15)18-9-10-21(41-26(28)29)19(13-18)20-8-3-4-11-32-20/h3-13,22,25-26,33,39H,14H2,1-2H3,(H,34,37). The van der Waals surface area contributed by atoms with E-state index in [1.54, 1.807) is 18.2 Å². The number of nitrogens with zero attached hydrogens (tertiary/aromatic N) is 3. The second-order valence-electron chi connectivity index (χ2n) is 8.83. The number of alkyl halides is 4. The first-order valence-corrected chi connectivity index (χ1v) is 12.1. The number of amides is 2. The summed E-state index contributed by atoms with van der Waals surface area (Å²) in [4.78, 5) is 30.5. The highest BCUT2D eigenvalue weighted by atomic mass is 19.3. The molecule has 2 aromatic carbocycles. The van der Waals surface area contributed by atoms with Crippen molar-refractivity contribution in [2.75, 3.05) is 24.2 Å². The van der Waals surface area contributed by atoms with E-state index in [1.807, 2.05) is 0 Å². The van der Waals surface area contributed by atoms with E-state index >= 15 is 0 Å². The predicted octanol–water partition coefficient (Wildman–Crippen LogP) is 3.93. The van der Waals surface area contributed by atoms with Gasteiger partial charge in [0.05, 0.1) is 23.8 Å². The molecule has 14 heteroatoms. The lowest BCUT2D eigenvalue weighted by Gasteiger charge is -2.24. The molecule has 0 spiro atoms. The van der Waals surface area contributed by atoms with E-state index in [0.29, 0.717) is 5.69 Å². The first-order chi connectivity index (χ1) is 19.5. The molecular formula is C27H25F4N5O5. The Bertz CT molecular complexity index is 1440. The van der Waals surface area contributed by atoms with Crippen molar-refractivity contribution in [2.45, 2.75) is 25.7 Å². The summed E-state index contributed by atoms with van der Waals surface area (Å²) in [5.41, 5.74) is 0.0923. The summed E-state index contributed by atoms with van der Waals surface area (Å²) in [6, 6.07) is 13.4. The van der Waals surface area contributed by atoms with Crippen LogP contribution in [0.3, 0.4) is 0 Å². The molecule has 3 N–H and O–H groups in total. The highest BCUT2D eigenvalue weighted by Crippen LogP contribution is 2.36. The molecule has 0 bridgehead atoms. The van der Waals surface area contributed by atoms with E-state index < -0.39 is 42.1 Å². The Kier molecular flexibility index (Phi) is 8.95. The zero-order valence-electron chi connectivity index (χ0n) is 21.7. The summed E-state index contributed by atoms with van der Waals surface area (Å²) in [6.45, 7) is -1.98. The molecule has 0 radical (unpaired) electrons. The van der Waals surface area contributed by atoms with Crippen LogP contribution >= 0.6 is 0 Å². The molecule has 41 heavy (non-hydrogen) atoms. The van der Waals surface area contributed by atoms with Crippen LogP contribution in [0.2, 0.25) is 0 Å². The fourth-order valence-electron chi connectivity index (χ4n) is 4.09. The van der Waals surface area contributed by atoms with Gasteiger partial charge in [-0.2, -0.15) is 27.7 Å². The van der Waals surface area contributed by atoms with Crippen LogP contribution < -0.4 is 20.4 Å². The van der Waals surface area contributed by atoms with Crippen molar-refractivity contribution in [3.05, 3.63) is 72.4 Å². The molecule has 2 amide bonds. The quantitative estimate of drug-likeness (QED) is 0.180. The number of carbonyl (C=O) groups excluding carboxylic acids is 2. The predicted molar refractivity (Wildman–Crippen MR) is 140 cm³/mol. The molecule has 2 heterocycles. The Morgan fingerprint density at radius 2 is 1.93 bits per heavy atom. The van der Waals surface area contributed by atoms with Crippen LogP contribution in [0.5, 0.6) is 5.75 Å². The number of hydrogen-bond donors (Lipinski definition) is 3. The van der Waals surface area contributed by atoms with Gasteiger partial charge >= 0.3 is 12.5 Å². The Labute approximate surface area is 231 Å². The zero-order valence-corrected chi connectivity index (χ0v) is 21.7. The van der Waals surface area contributed by atoms with Gasteiger partial charge in [-0.1, -0.05) is 18.2 Å². The number of pyridine rings is 1. The molecule has 216 valence electrons. The highest BCUT2D eigenvalue weighted by molar-refractivity contribution is 6.28. The van der Waals surface area contributed by atoms with E-state index in [0.717, 1.165) is 17.1 Å². The average molecular weight is 576 g/mol. The van der Waals surface area contributed by atoms with Gasteiger partial charge in [0, 0.05) is 30.1 Å². The summed E-state index contributed by atoms with van der Waals surface area (Å²) >= 11 is 0. The fourth-order valence-corrected chi connectivity index (χ4v) is 4.09. The monoisotopic (exact) mass is 575 g/mol. The maximum absolute atomic E-state index is 14.7. The van der Waals surface area contributed by atoms with Crippen LogP contribution in [0.25, 0.3) is 11.3 Å². The minimum absolute atomic E-state index is 0.0453. The molecular weight excluding hydrogens is 550 g/mol. The molecule has 10 nitrogen and oxygen atoms in total. The van der Waals surface area contributed by atoms with Gasteiger partial charge in [-0.25, -0.2) is 0 Å². The molecule has 1 aliphatic heterocycles. The second kappa shape index (κ2) is 12.4. The van der Waals surface area contributed by atoms with Gasteiger partial charge < -0.3 is 19.9 Å². The van der Waals surface area contributed by atoms with Crippen LogP contribution in [0, 0.1) is 5.92 Å². The second-order valence-corrected chi connectivity index (χ2v) is 8.83. The third-order valence-corrected chi connectivity index (χ3v) is 6.04. The van der Waals surface area contributed by atoms with Crippen molar-refractivity contribution in [2.24, 2.45) is 11.0 Å². The summed E-state index contributed by atoms with van der Waals surface area (Å²) < 4.78 is 64.6. The molecule has 2 atom stereocenters. The number of rotatable bonds is 11. The number of hydrogen-bond acceptors (Lipinski definition) is 8. The topological polar surface area (TPSA) is 125 Å². The fraction of sp³-hybridized carbons (Fsp3) is 0.259. The first kappa shape index (κ1) is 29.6. The van der Waals surface area contributed by atoms with Gasteiger partial charge in [-0.05, 0) is 49.4 Å². The molecule has 1 aromatic heterocycles. The van der Waals surface area contributed by atoms with E-state index in [-0.39, 0.29) is 35.1 Å². The number of benzene rings is 2. The average Bonchev–Trinajstić information content (AvgIpc) is 3.25. The molecule has 2 unspecified atom stereocenters. The lowest BCUT2D eigenvalue weighted by Crippen LogP contribution is -2.43. The summed E-state index contributed by atoms with van der Waals surface area (Å²) in [5.74, 6) is -6.90. The van der Waals surface area contributed by atoms with Gasteiger partial charge in [0.2, 0.25) is 5.91 Å². The number of nitrogens with one attached hydrogen (secondary N) is 2. The highest BCUT2D eigenvalue weighted by Gasteiger charge is 2.42. The van der Waals surface area contributed by atoms with E-state index in [1.165, 1.54) is 50.6 Å². The molecule has 0 aliphatic carbocycles. The SMILES string of the molecule is COCNC(O)C(F)(F)c1cccc(NC(=O)C2C(=O)N(c3ccc(OC(F)F)c(-c4ccccn4)c3)N=C2C)c1. The smallest absolute Gasteiger partial charge is 0.387 e. The normalized spacial score (nSPS) is 16.1. The van der Waals surface area contributed by atoms with Crippen LogP contribution in [0.1, 0.15) is 12.5 Å². The van der Waals surface area contributed by atoms with Crippen molar-refractivity contribution >= 4 is 28.9 Å². The van der Waals surface area contributed by atoms with Gasteiger partial charge in [-0.15, -0.1) is 0 Å². The van der Waals surface area contributed by atoms with Crippen molar-refractivity contribution < 1.29 is 41.7 Å². The minimum atomic E-state index is -3.73. The Balaban J connectivity index is 1.55. The lowest BCUT2D eigenvalue weighted by molar-refractivity contribution is -0.136. The summed E-state index contributed by atoms with van der Waals surface area (Å²) in [7, 11) is 1.26. The lowest BCUT2D eigenvalue weighted by atomic mass is 10.0. The molecule has 4 rings (SSSR count). The van der Waals surface area contributed by atoms with Crippen LogP contribution in [-0.2, 0) is 20.2 Å². The molecule has 1 aliphatic rings. The number of aliphatic hydroxyl groups is 1. The summed E-state index contributed by atoms with van der Waals surface area (Å²) in [6.07, 6.45) is -0.805. The van der Waals surface area contributed by atoms with E-state index in [9.17, 15) is 32.3 Å². The number of anilines is 2. The number of aliphatic hydroxyl groups excluding tert-OH is 1. The minimum Gasteiger partial charge on any atom is -0.434 e. The third-order valence-electron chi connectivity index (χ3n) is 6.04. The molecule has 3 aromatic rings. The molecule has 0 fully saturated rings. The maximum atomic E-state index is 14.7. The van der Waals surface area contributed by atoms with Crippen molar-refractivity contribution in [3.8, 4) is 17.0 Å². The third kappa shape index (κ3) is 6.51. The van der Waals surface area contributed by atoms with Crippen molar-refractivity contribution in [1.82, 2.24) is 10.3 Å². The maximum Gasteiger partial charge on any atom is 0.387 e. The van der Waals surface area contributed by atoms with Crippen LogP contribution in [-0.4, -0.2) is 54.3 Å². The van der Waals surface area contributed by atoms with Gasteiger partial charge in [0.15, 0.2) is 12.1 Å². The Hall–Kier alpha value is -4.40. The number of halogens is 4.